The van der Waals surface area contributed by atoms with Crippen molar-refractivity contribution in [2.24, 2.45) is 4.99 Å². The SMILES string of the molecule is CCNC(=NCCCN1CCCN(C)CC1)NCCc1ccccc1. The summed E-state index contributed by atoms with van der Waals surface area (Å²) in [6, 6.07) is 10.6. The van der Waals surface area contributed by atoms with Crippen LogP contribution in [0.25, 0.3) is 0 Å². The topological polar surface area (TPSA) is 42.9 Å². The van der Waals surface area contributed by atoms with Gasteiger partial charge >= 0.3 is 0 Å². The molecule has 0 saturated carbocycles. The minimum absolute atomic E-state index is 0.882. The zero-order valence-electron chi connectivity index (χ0n) is 16.0. The second kappa shape index (κ2) is 11.9. The lowest BCUT2D eigenvalue weighted by Crippen LogP contribution is -2.38. The minimum atomic E-state index is 0.882. The van der Waals surface area contributed by atoms with Gasteiger partial charge in [-0.1, -0.05) is 30.3 Å². The summed E-state index contributed by atoms with van der Waals surface area (Å²) in [5.41, 5.74) is 1.36. The van der Waals surface area contributed by atoms with Gasteiger partial charge in [-0.3, -0.25) is 4.99 Å². The molecule has 0 aliphatic carbocycles. The van der Waals surface area contributed by atoms with Crippen molar-refractivity contribution in [1.82, 2.24) is 20.4 Å². The van der Waals surface area contributed by atoms with E-state index in [1.807, 2.05) is 0 Å². The highest BCUT2D eigenvalue weighted by molar-refractivity contribution is 5.79. The summed E-state index contributed by atoms with van der Waals surface area (Å²) in [5.74, 6) is 0.939. The molecular formula is C20H35N5. The van der Waals surface area contributed by atoms with Gasteiger partial charge in [0.25, 0.3) is 0 Å². The van der Waals surface area contributed by atoms with Gasteiger partial charge in [-0.25, -0.2) is 0 Å². The van der Waals surface area contributed by atoms with E-state index in [-0.39, 0.29) is 0 Å². The maximum Gasteiger partial charge on any atom is 0.191 e. The van der Waals surface area contributed by atoms with Gasteiger partial charge in [0.2, 0.25) is 0 Å². The molecule has 0 spiro atoms. The van der Waals surface area contributed by atoms with Gasteiger partial charge in [-0.05, 0) is 58.4 Å². The summed E-state index contributed by atoms with van der Waals surface area (Å²) < 4.78 is 0. The Morgan fingerprint density at radius 3 is 2.72 bits per heavy atom. The van der Waals surface area contributed by atoms with Crippen LogP contribution in [-0.2, 0) is 6.42 Å². The van der Waals surface area contributed by atoms with E-state index in [0.29, 0.717) is 0 Å². The van der Waals surface area contributed by atoms with Crippen LogP contribution in [0.1, 0.15) is 25.3 Å². The van der Waals surface area contributed by atoms with Crippen molar-refractivity contribution in [3.63, 3.8) is 0 Å². The van der Waals surface area contributed by atoms with E-state index in [0.717, 1.165) is 45.0 Å². The van der Waals surface area contributed by atoms with Crippen molar-refractivity contribution in [1.29, 1.82) is 0 Å². The highest BCUT2D eigenvalue weighted by Crippen LogP contribution is 2.02. The number of likely N-dealkylation sites (N-methyl/N-ethyl adjacent to an activating group) is 1. The molecule has 1 fully saturated rings. The summed E-state index contributed by atoms with van der Waals surface area (Å²) in [6.07, 6.45) is 3.43. The second-order valence-corrected chi connectivity index (χ2v) is 6.78. The van der Waals surface area contributed by atoms with Crippen molar-refractivity contribution in [3.05, 3.63) is 35.9 Å². The Labute approximate surface area is 153 Å². The number of benzene rings is 1. The minimum Gasteiger partial charge on any atom is -0.357 e. The molecule has 1 aromatic rings. The van der Waals surface area contributed by atoms with Crippen LogP contribution in [0.5, 0.6) is 0 Å². The van der Waals surface area contributed by atoms with Gasteiger partial charge < -0.3 is 20.4 Å². The lowest BCUT2D eigenvalue weighted by molar-refractivity contribution is 0.275. The first-order valence-corrected chi connectivity index (χ1v) is 9.75. The third kappa shape index (κ3) is 8.36. The quantitative estimate of drug-likeness (QED) is 0.428. The predicted molar refractivity (Wildman–Crippen MR) is 107 cm³/mol. The number of rotatable bonds is 8. The third-order valence-corrected chi connectivity index (χ3v) is 4.61. The molecule has 25 heavy (non-hydrogen) atoms. The van der Waals surface area contributed by atoms with Crippen molar-refractivity contribution < 1.29 is 0 Å². The van der Waals surface area contributed by atoms with Crippen molar-refractivity contribution in [3.8, 4) is 0 Å². The number of hydrogen-bond acceptors (Lipinski definition) is 3. The molecule has 2 N–H and O–H groups in total. The highest BCUT2D eigenvalue weighted by atomic mass is 15.2. The molecular weight excluding hydrogens is 310 g/mol. The van der Waals surface area contributed by atoms with Gasteiger partial charge in [0.1, 0.15) is 0 Å². The number of nitrogens with zero attached hydrogens (tertiary/aromatic N) is 3. The maximum absolute atomic E-state index is 4.72. The fraction of sp³-hybridized carbons (Fsp3) is 0.650. The summed E-state index contributed by atoms with van der Waals surface area (Å²) in [4.78, 5) is 9.73. The average molecular weight is 346 g/mol. The Hall–Kier alpha value is -1.59. The van der Waals surface area contributed by atoms with E-state index in [1.165, 1.54) is 38.2 Å². The zero-order valence-corrected chi connectivity index (χ0v) is 16.0. The van der Waals surface area contributed by atoms with Crippen molar-refractivity contribution >= 4 is 5.96 Å². The fourth-order valence-corrected chi connectivity index (χ4v) is 3.12. The van der Waals surface area contributed by atoms with E-state index in [1.54, 1.807) is 0 Å². The van der Waals surface area contributed by atoms with E-state index in [2.05, 4.69) is 64.7 Å². The molecule has 0 radical (unpaired) electrons. The zero-order chi connectivity index (χ0) is 17.7. The number of guanidine groups is 1. The van der Waals surface area contributed by atoms with Gasteiger partial charge in [-0.2, -0.15) is 0 Å². The molecule has 1 aliphatic rings. The number of nitrogens with one attached hydrogen (secondary N) is 2. The second-order valence-electron chi connectivity index (χ2n) is 6.78. The van der Waals surface area contributed by atoms with Crippen LogP contribution in [0.4, 0.5) is 0 Å². The van der Waals surface area contributed by atoms with Gasteiger partial charge in [0.15, 0.2) is 5.96 Å². The van der Waals surface area contributed by atoms with Gasteiger partial charge in [0, 0.05) is 32.7 Å². The van der Waals surface area contributed by atoms with Crippen LogP contribution >= 0.6 is 0 Å². The van der Waals surface area contributed by atoms with Crippen LogP contribution in [-0.4, -0.2) is 75.2 Å². The fourth-order valence-electron chi connectivity index (χ4n) is 3.12. The first kappa shape index (κ1) is 19.7. The molecule has 2 rings (SSSR count). The average Bonchev–Trinajstić information content (AvgIpc) is 2.84. The van der Waals surface area contributed by atoms with Gasteiger partial charge in [-0.15, -0.1) is 0 Å². The smallest absolute Gasteiger partial charge is 0.191 e. The van der Waals surface area contributed by atoms with E-state index >= 15 is 0 Å². The molecule has 0 aromatic heterocycles. The van der Waals surface area contributed by atoms with Gasteiger partial charge in [0.05, 0.1) is 0 Å². The summed E-state index contributed by atoms with van der Waals surface area (Å²) in [6.45, 7) is 10.8. The molecule has 1 heterocycles. The number of hydrogen-bond donors (Lipinski definition) is 2. The Morgan fingerprint density at radius 1 is 1.08 bits per heavy atom. The Bertz CT molecular complexity index is 488. The molecule has 0 atom stereocenters. The largest absolute Gasteiger partial charge is 0.357 e. The Morgan fingerprint density at radius 2 is 1.92 bits per heavy atom. The summed E-state index contributed by atoms with van der Waals surface area (Å²) in [5, 5.41) is 6.78. The predicted octanol–water partition coefficient (Wildman–Crippen LogP) is 1.81. The lowest BCUT2D eigenvalue weighted by Gasteiger charge is -2.19. The van der Waals surface area contributed by atoms with Crippen LogP contribution in [0.15, 0.2) is 35.3 Å². The monoisotopic (exact) mass is 345 g/mol. The molecule has 5 nitrogen and oxygen atoms in total. The number of aliphatic imine (C=N–C) groups is 1. The third-order valence-electron chi connectivity index (χ3n) is 4.61. The van der Waals surface area contributed by atoms with Crippen LogP contribution in [0.3, 0.4) is 0 Å². The Kier molecular flexibility index (Phi) is 9.37. The van der Waals surface area contributed by atoms with Crippen molar-refractivity contribution in [2.45, 2.75) is 26.2 Å². The molecule has 140 valence electrons. The maximum atomic E-state index is 4.72. The first-order valence-electron chi connectivity index (χ1n) is 9.75. The first-order chi connectivity index (χ1) is 12.3. The highest BCUT2D eigenvalue weighted by Gasteiger charge is 2.11. The normalized spacial score (nSPS) is 17.3. The lowest BCUT2D eigenvalue weighted by atomic mass is 10.1. The molecule has 0 amide bonds. The van der Waals surface area contributed by atoms with Crippen LogP contribution in [0.2, 0.25) is 0 Å². The summed E-state index contributed by atoms with van der Waals surface area (Å²) in [7, 11) is 2.22. The molecule has 1 aliphatic heterocycles. The molecule has 0 bridgehead atoms. The van der Waals surface area contributed by atoms with E-state index < -0.39 is 0 Å². The standard InChI is InChI=1S/C20H35N5/c1-3-21-20(23-13-11-19-9-5-4-6-10-19)22-12-7-15-25-16-8-14-24(2)17-18-25/h4-6,9-10H,3,7-8,11-18H2,1-2H3,(H2,21,22,23). The molecule has 0 unspecified atom stereocenters. The Balaban J connectivity index is 1.66. The van der Waals surface area contributed by atoms with Crippen LogP contribution < -0.4 is 10.6 Å². The molecule has 1 aromatic carbocycles. The molecule has 5 heteroatoms. The van der Waals surface area contributed by atoms with E-state index in [9.17, 15) is 0 Å². The molecule has 1 saturated heterocycles. The summed E-state index contributed by atoms with van der Waals surface area (Å²) >= 11 is 0. The van der Waals surface area contributed by atoms with Crippen molar-refractivity contribution in [2.75, 3.05) is 59.4 Å². The van der Waals surface area contributed by atoms with E-state index in [4.69, 9.17) is 4.99 Å². The van der Waals surface area contributed by atoms with Crippen LogP contribution in [0, 0.1) is 0 Å².